The monoisotopic (exact) mass is 330 g/mol. The van der Waals surface area contributed by atoms with E-state index in [1.165, 1.54) is 6.92 Å². The molecule has 2 amide bonds. The van der Waals surface area contributed by atoms with Crippen LogP contribution in [0.5, 0.6) is 0 Å². The van der Waals surface area contributed by atoms with Crippen molar-refractivity contribution < 1.29 is 9.59 Å². The molecule has 0 saturated heterocycles. The van der Waals surface area contributed by atoms with E-state index in [1.807, 2.05) is 37.3 Å². The molecule has 0 atom stereocenters. The molecule has 0 saturated carbocycles. The average molecular weight is 331 g/mol. The van der Waals surface area contributed by atoms with E-state index in [9.17, 15) is 9.59 Å². The Kier molecular flexibility index (Phi) is 5.40. The Morgan fingerprint density at radius 3 is 2.35 bits per heavy atom. The van der Waals surface area contributed by atoms with Crippen molar-refractivity contribution in [1.82, 2.24) is 0 Å². The first kappa shape index (κ1) is 17.0. The molecule has 0 heterocycles. The number of nitrogens with zero attached hydrogens (tertiary/aromatic N) is 1. The minimum absolute atomic E-state index is 0.0336. The van der Waals surface area contributed by atoms with Gasteiger partial charge in [0, 0.05) is 30.4 Å². The van der Waals surface area contributed by atoms with Crippen LogP contribution in [0.1, 0.15) is 18.1 Å². The SMILES string of the molecule is CC(=O)N(C)c1ccc(CC(=O)Nc2ccc(Cl)cc2C)cc1. The van der Waals surface area contributed by atoms with Crippen LogP contribution < -0.4 is 10.2 Å². The Hall–Kier alpha value is -2.33. The van der Waals surface area contributed by atoms with Gasteiger partial charge in [-0.1, -0.05) is 23.7 Å². The van der Waals surface area contributed by atoms with Gasteiger partial charge in [-0.2, -0.15) is 0 Å². The van der Waals surface area contributed by atoms with E-state index >= 15 is 0 Å². The molecule has 5 heteroatoms. The summed E-state index contributed by atoms with van der Waals surface area (Å²) in [7, 11) is 1.72. The summed E-state index contributed by atoms with van der Waals surface area (Å²) in [6.07, 6.45) is 0.270. The molecule has 0 aliphatic heterocycles. The maximum Gasteiger partial charge on any atom is 0.228 e. The van der Waals surface area contributed by atoms with Crippen LogP contribution in [0, 0.1) is 6.92 Å². The first-order valence-electron chi connectivity index (χ1n) is 7.26. The average Bonchev–Trinajstić information content (AvgIpc) is 2.50. The molecule has 0 radical (unpaired) electrons. The fourth-order valence-corrected chi connectivity index (χ4v) is 2.39. The van der Waals surface area contributed by atoms with E-state index in [0.29, 0.717) is 5.02 Å². The molecule has 4 nitrogen and oxygen atoms in total. The second-order valence-corrected chi connectivity index (χ2v) is 5.87. The van der Waals surface area contributed by atoms with E-state index in [1.54, 1.807) is 24.1 Å². The predicted octanol–water partition coefficient (Wildman–Crippen LogP) is 3.81. The van der Waals surface area contributed by atoms with E-state index < -0.39 is 0 Å². The maximum atomic E-state index is 12.1. The topological polar surface area (TPSA) is 49.4 Å². The number of hydrogen-bond donors (Lipinski definition) is 1. The number of hydrogen-bond acceptors (Lipinski definition) is 2. The normalized spacial score (nSPS) is 10.3. The van der Waals surface area contributed by atoms with Gasteiger partial charge in [0.2, 0.25) is 11.8 Å². The standard InChI is InChI=1S/C18H19ClN2O2/c1-12-10-15(19)6-9-17(12)20-18(23)11-14-4-7-16(8-5-14)21(3)13(2)22/h4-10H,11H2,1-3H3,(H,20,23). The van der Waals surface area contributed by atoms with Gasteiger partial charge in [0.05, 0.1) is 6.42 Å². The number of aryl methyl sites for hydroxylation is 1. The lowest BCUT2D eigenvalue weighted by Crippen LogP contribution is -2.22. The van der Waals surface area contributed by atoms with Crippen molar-refractivity contribution in [2.45, 2.75) is 20.3 Å². The number of amides is 2. The van der Waals surface area contributed by atoms with Crippen LogP contribution in [0.4, 0.5) is 11.4 Å². The number of nitrogens with one attached hydrogen (secondary N) is 1. The van der Waals surface area contributed by atoms with Crippen LogP contribution in [0.3, 0.4) is 0 Å². The van der Waals surface area contributed by atoms with Gasteiger partial charge >= 0.3 is 0 Å². The second kappa shape index (κ2) is 7.29. The molecule has 0 fully saturated rings. The van der Waals surface area contributed by atoms with Crippen LogP contribution in [-0.4, -0.2) is 18.9 Å². The highest BCUT2D eigenvalue weighted by Crippen LogP contribution is 2.20. The largest absolute Gasteiger partial charge is 0.326 e. The number of anilines is 2. The molecule has 23 heavy (non-hydrogen) atoms. The van der Waals surface area contributed by atoms with Gasteiger partial charge in [0.15, 0.2) is 0 Å². The van der Waals surface area contributed by atoms with Gasteiger partial charge in [-0.15, -0.1) is 0 Å². The van der Waals surface area contributed by atoms with Crippen molar-refractivity contribution in [3.05, 3.63) is 58.6 Å². The molecule has 2 aromatic carbocycles. The molecular formula is C18H19ClN2O2. The first-order valence-corrected chi connectivity index (χ1v) is 7.64. The zero-order valence-electron chi connectivity index (χ0n) is 13.4. The highest BCUT2D eigenvalue weighted by molar-refractivity contribution is 6.30. The summed E-state index contributed by atoms with van der Waals surface area (Å²) in [5.41, 5.74) is 3.36. The van der Waals surface area contributed by atoms with E-state index in [2.05, 4.69) is 5.32 Å². The first-order chi connectivity index (χ1) is 10.9. The Morgan fingerprint density at radius 1 is 1.13 bits per heavy atom. The van der Waals surface area contributed by atoms with Gasteiger partial charge in [0.25, 0.3) is 0 Å². The number of benzene rings is 2. The van der Waals surface area contributed by atoms with Gasteiger partial charge in [-0.05, 0) is 48.4 Å². The van der Waals surface area contributed by atoms with E-state index in [-0.39, 0.29) is 18.2 Å². The molecule has 0 aliphatic rings. The van der Waals surface area contributed by atoms with Gasteiger partial charge in [0.1, 0.15) is 0 Å². The van der Waals surface area contributed by atoms with E-state index in [4.69, 9.17) is 11.6 Å². The summed E-state index contributed by atoms with van der Waals surface area (Å²) < 4.78 is 0. The lowest BCUT2D eigenvalue weighted by Gasteiger charge is -2.15. The molecule has 0 aliphatic carbocycles. The highest BCUT2D eigenvalue weighted by atomic mass is 35.5. The minimum atomic E-state index is -0.0944. The van der Waals surface area contributed by atoms with Gasteiger partial charge in [-0.25, -0.2) is 0 Å². The molecule has 0 bridgehead atoms. The molecule has 1 N–H and O–H groups in total. The number of carbonyl (C=O) groups excluding carboxylic acids is 2. The van der Waals surface area contributed by atoms with E-state index in [0.717, 1.165) is 22.5 Å². The zero-order chi connectivity index (χ0) is 17.0. The fourth-order valence-electron chi connectivity index (χ4n) is 2.17. The fraction of sp³-hybridized carbons (Fsp3) is 0.222. The Balaban J connectivity index is 2.01. The van der Waals surface area contributed by atoms with Crippen molar-refractivity contribution in [3.63, 3.8) is 0 Å². The number of rotatable bonds is 4. The third-order valence-electron chi connectivity index (χ3n) is 3.62. The summed E-state index contributed by atoms with van der Waals surface area (Å²) in [6, 6.07) is 12.7. The van der Waals surface area contributed by atoms with Crippen LogP contribution >= 0.6 is 11.6 Å². The molecule has 120 valence electrons. The Morgan fingerprint density at radius 2 is 1.78 bits per heavy atom. The van der Waals surface area contributed by atoms with Crippen LogP contribution in [0.15, 0.2) is 42.5 Å². The molecule has 0 spiro atoms. The van der Waals surface area contributed by atoms with Crippen LogP contribution in [-0.2, 0) is 16.0 Å². The summed E-state index contributed by atoms with van der Waals surface area (Å²) in [5.74, 6) is -0.128. The number of halogens is 1. The molecular weight excluding hydrogens is 312 g/mol. The molecule has 2 aromatic rings. The van der Waals surface area contributed by atoms with Crippen molar-refractivity contribution in [3.8, 4) is 0 Å². The summed E-state index contributed by atoms with van der Waals surface area (Å²) in [5, 5.41) is 3.52. The highest BCUT2D eigenvalue weighted by Gasteiger charge is 2.08. The third-order valence-corrected chi connectivity index (χ3v) is 3.86. The van der Waals surface area contributed by atoms with Gasteiger partial charge < -0.3 is 10.2 Å². The van der Waals surface area contributed by atoms with Crippen molar-refractivity contribution in [2.75, 3.05) is 17.3 Å². The quantitative estimate of drug-likeness (QED) is 0.926. The lowest BCUT2D eigenvalue weighted by molar-refractivity contribution is -0.116. The third kappa shape index (κ3) is 4.57. The second-order valence-electron chi connectivity index (χ2n) is 5.43. The van der Waals surface area contributed by atoms with Crippen molar-refractivity contribution >= 4 is 34.8 Å². The van der Waals surface area contributed by atoms with Crippen LogP contribution in [0.2, 0.25) is 5.02 Å². The Labute approximate surface area is 141 Å². The maximum absolute atomic E-state index is 12.1. The smallest absolute Gasteiger partial charge is 0.228 e. The molecule has 0 unspecified atom stereocenters. The Bertz CT molecular complexity index is 726. The minimum Gasteiger partial charge on any atom is -0.326 e. The zero-order valence-corrected chi connectivity index (χ0v) is 14.1. The van der Waals surface area contributed by atoms with Gasteiger partial charge in [-0.3, -0.25) is 9.59 Å². The summed E-state index contributed by atoms with van der Waals surface area (Å²) >= 11 is 5.91. The lowest BCUT2D eigenvalue weighted by atomic mass is 10.1. The molecule has 0 aromatic heterocycles. The van der Waals surface area contributed by atoms with Crippen molar-refractivity contribution in [2.24, 2.45) is 0 Å². The predicted molar refractivity (Wildman–Crippen MR) is 94.0 cm³/mol. The number of carbonyl (C=O) groups is 2. The van der Waals surface area contributed by atoms with Crippen molar-refractivity contribution in [1.29, 1.82) is 0 Å². The van der Waals surface area contributed by atoms with Crippen LogP contribution in [0.25, 0.3) is 0 Å². The summed E-state index contributed by atoms with van der Waals surface area (Å²) in [4.78, 5) is 25.0. The molecule has 2 rings (SSSR count). The summed E-state index contributed by atoms with van der Waals surface area (Å²) in [6.45, 7) is 3.41.